The molecule has 11 heteroatoms. The average Bonchev–Trinajstić information content (AvgIpc) is 3.21. The Morgan fingerprint density at radius 2 is 1.97 bits per heavy atom. The van der Waals surface area contributed by atoms with E-state index < -0.39 is 17.9 Å². The Labute approximate surface area is 171 Å². The zero-order chi connectivity index (χ0) is 21.5. The van der Waals surface area contributed by atoms with Crippen LogP contribution in [0.5, 0.6) is 0 Å². The van der Waals surface area contributed by atoms with Gasteiger partial charge in [-0.1, -0.05) is 0 Å². The Hall–Kier alpha value is -2.43. The molecular weight excluding hydrogens is 402 g/mol. The lowest BCUT2D eigenvalue weighted by molar-refractivity contribution is -0.137. The molecule has 1 aliphatic carbocycles. The Morgan fingerprint density at radius 1 is 1.20 bits per heavy atom. The monoisotopic (exact) mass is 427 g/mol. The number of halogens is 4. The fourth-order valence-corrected chi connectivity index (χ4v) is 4.12. The van der Waals surface area contributed by atoms with E-state index in [2.05, 4.69) is 30.6 Å². The molecule has 0 spiro atoms. The minimum Gasteiger partial charge on any atom is -0.370 e. The second-order valence-corrected chi connectivity index (χ2v) is 7.86. The van der Waals surface area contributed by atoms with Crippen LogP contribution >= 0.6 is 0 Å². The van der Waals surface area contributed by atoms with Crippen molar-refractivity contribution in [3.8, 4) is 0 Å². The third kappa shape index (κ3) is 4.07. The number of hydrogen-bond acceptors (Lipinski definition) is 6. The predicted molar refractivity (Wildman–Crippen MR) is 105 cm³/mol. The fourth-order valence-electron chi connectivity index (χ4n) is 4.12. The standard InChI is InChI=1S/C19H25F4N7/c1-3-24-17-15(19(21,22)23)8-25-18(28-17)27-16-9-26-30(11(16)2)14-6-13(7-14)29-5-4-12(20)10-29/h8-9,12-14H,3-7,10H2,1-2H3,(H2,24,25,27,28)/t12-,13-,14-/m0/s1. The highest BCUT2D eigenvalue weighted by Crippen LogP contribution is 2.39. The van der Waals surface area contributed by atoms with Crippen LogP contribution in [0.3, 0.4) is 0 Å². The van der Waals surface area contributed by atoms with E-state index >= 15 is 0 Å². The lowest BCUT2D eigenvalue weighted by Crippen LogP contribution is -2.44. The van der Waals surface area contributed by atoms with E-state index in [1.807, 2.05) is 11.6 Å². The maximum Gasteiger partial charge on any atom is 0.421 e. The third-order valence-electron chi connectivity index (χ3n) is 5.84. The Morgan fingerprint density at radius 3 is 2.60 bits per heavy atom. The summed E-state index contributed by atoms with van der Waals surface area (Å²) in [5, 5.41) is 10.0. The van der Waals surface area contributed by atoms with E-state index in [9.17, 15) is 17.6 Å². The molecule has 2 aromatic heterocycles. The second kappa shape index (κ2) is 8.01. The van der Waals surface area contributed by atoms with Crippen LogP contribution in [0.25, 0.3) is 0 Å². The molecule has 2 N–H and O–H groups in total. The summed E-state index contributed by atoms with van der Waals surface area (Å²) in [6.07, 6.45) is -0.414. The molecule has 1 saturated carbocycles. The zero-order valence-corrected chi connectivity index (χ0v) is 16.9. The molecule has 0 bridgehead atoms. The molecular formula is C19H25F4N7. The van der Waals surface area contributed by atoms with Crippen LogP contribution in [0, 0.1) is 6.92 Å². The van der Waals surface area contributed by atoms with Gasteiger partial charge < -0.3 is 10.6 Å². The first-order valence-electron chi connectivity index (χ1n) is 10.1. The molecule has 2 fully saturated rings. The number of rotatable bonds is 6. The van der Waals surface area contributed by atoms with Gasteiger partial charge in [-0.05, 0) is 33.1 Å². The number of likely N-dealkylation sites (tertiary alicyclic amines) is 1. The highest BCUT2D eigenvalue weighted by Gasteiger charge is 2.39. The summed E-state index contributed by atoms with van der Waals surface area (Å²) in [6, 6.07) is 0.617. The van der Waals surface area contributed by atoms with Gasteiger partial charge >= 0.3 is 6.18 Å². The van der Waals surface area contributed by atoms with Gasteiger partial charge in [0.25, 0.3) is 0 Å². The molecule has 0 amide bonds. The minimum atomic E-state index is -4.53. The minimum absolute atomic E-state index is 0.0686. The number of anilines is 3. The predicted octanol–water partition coefficient (Wildman–Crippen LogP) is 3.92. The van der Waals surface area contributed by atoms with Crippen LogP contribution in [-0.2, 0) is 6.18 Å². The van der Waals surface area contributed by atoms with Crippen molar-refractivity contribution < 1.29 is 17.6 Å². The van der Waals surface area contributed by atoms with Gasteiger partial charge in [-0.25, -0.2) is 9.37 Å². The topological polar surface area (TPSA) is 70.9 Å². The van der Waals surface area contributed by atoms with Crippen LogP contribution in [0.15, 0.2) is 12.4 Å². The van der Waals surface area contributed by atoms with Crippen molar-refractivity contribution in [1.82, 2.24) is 24.6 Å². The normalized spacial score (nSPS) is 24.7. The van der Waals surface area contributed by atoms with Gasteiger partial charge in [-0.3, -0.25) is 9.58 Å². The highest BCUT2D eigenvalue weighted by atomic mass is 19.4. The molecule has 0 aromatic carbocycles. The van der Waals surface area contributed by atoms with E-state index in [1.54, 1.807) is 13.1 Å². The molecule has 164 valence electrons. The van der Waals surface area contributed by atoms with Gasteiger partial charge in [0.15, 0.2) is 0 Å². The molecule has 1 atom stereocenters. The van der Waals surface area contributed by atoms with Crippen molar-refractivity contribution >= 4 is 17.5 Å². The number of aromatic nitrogens is 4. The number of hydrogen-bond donors (Lipinski definition) is 2. The molecule has 2 aliphatic rings. The summed E-state index contributed by atoms with van der Waals surface area (Å²) in [6.45, 7) is 5.22. The van der Waals surface area contributed by atoms with Gasteiger partial charge in [0.05, 0.1) is 23.6 Å². The zero-order valence-electron chi connectivity index (χ0n) is 16.9. The summed E-state index contributed by atoms with van der Waals surface area (Å²) >= 11 is 0. The summed E-state index contributed by atoms with van der Waals surface area (Å²) in [4.78, 5) is 10.0. The molecule has 30 heavy (non-hydrogen) atoms. The summed E-state index contributed by atoms with van der Waals surface area (Å²) < 4.78 is 54.7. The molecule has 0 unspecified atom stereocenters. The van der Waals surface area contributed by atoms with Gasteiger partial charge in [0, 0.05) is 31.9 Å². The lowest BCUT2D eigenvalue weighted by atomic mass is 9.85. The van der Waals surface area contributed by atoms with Gasteiger partial charge in [-0.15, -0.1) is 0 Å². The van der Waals surface area contributed by atoms with Crippen molar-refractivity contribution in [3.05, 3.63) is 23.7 Å². The molecule has 1 saturated heterocycles. The second-order valence-electron chi connectivity index (χ2n) is 7.86. The van der Waals surface area contributed by atoms with E-state index in [-0.39, 0.29) is 17.8 Å². The van der Waals surface area contributed by atoms with Crippen LogP contribution in [-0.4, -0.2) is 56.5 Å². The Bertz CT molecular complexity index is 891. The van der Waals surface area contributed by atoms with Crippen molar-refractivity contribution in [3.63, 3.8) is 0 Å². The van der Waals surface area contributed by atoms with Crippen LogP contribution in [0.1, 0.15) is 43.5 Å². The quantitative estimate of drug-likeness (QED) is 0.681. The van der Waals surface area contributed by atoms with Gasteiger partial charge in [0.1, 0.15) is 17.6 Å². The number of nitrogens with zero attached hydrogens (tertiary/aromatic N) is 5. The first-order valence-corrected chi connectivity index (χ1v) is 10.1. The molecule has 7 nitrogen and oxygen atoms in total. The summed E-state index contributed by atoms with van der Waals surface area (Å²) in [7, 11) is 0. The molecule has 2 aromatic rings. The highest BCUT2D eigenvalue weighted by molar-refractivity contribution is 5.58. The number of nitrogens with one attached hydrogen (secondary N) is 2. The largest absolute Gasteiger partial charge is 0.421 e. The third-order valence-corrected chi connectivity index (χ3v) is 5.84. The van der Waals surface area contributed by atoms with Crippen molar-refractivity contribution in [2.45, 2.75) is 57.5 Å². The molecule has 0 radical (unpaired) electrons. The Balaban J connectivity index is 1.44. The first kappa shape index (κ1) is 20.8. The van der Waals surface area contributed by atoms with Crippen molar-refractivity contribution in [1.29, 1.82) is 0 Å². The van der Waals surface area contributed by atoms with Crippen LogP contribution in [0.2, 0.25) is 0 Å². The Kier molecular flexibility index (Phi) is 5.56. The maximum absolute atomic E-state index is 13.4. The molecule has 3 heterocycles. The van der Waals surface area contributed by atoms with E-state index in [0.29, 0.717) is 31.2 Å². The lowest BCUT2D eigenvalue weighted by Gasteiger charge is -2.41. The van der Waals surface area contributed by atoms with Gasteiger partial charge in [0.2, 0.25) is 5.95 Å². The average molecular weight is 427 g/mol. The maximum atomic E-state index is 13.4. The van der Waals surface area contributed by atoms with E-state index in [1.165, 1.54) is 0 Å². The van der Waals surface area contributed by atoms with E-state index in [4.69, 9.17) is 0 Å². The van der Waals surface area contributed by atoms with E-state index in [0.717, 1.165) is 31.3 Å². The van der Waals surface area contributed by atoms with Crippen LogP contribution in [0.4, 0.5) is 35.0 Å². The summed E-state index contributed by atoms with van der Waals surface area (Å²) in [5.74, 6) is -0.190. The number of alkyl halides is 4. The van der Waals surface area contributed by atoms with Crippen molar-refractivity contribution in [2.24, 2.45) is 0 Å². The van der Waals surface area contributed by atoms with Gasteiger partial charge in [-0.2, -0.15) is 23.3 Å². The fraction of sp³-hybridized carbons (Fsp3) is 0.632. The smallest absolute Gasteiger partial charge is 0.370 e. The van der Waals surface area contributed by atoms with Crippen LogP contribution < -0.4 is 10.6 Å². The summed E-state index contributed by atoms with van der Waals surface area (Å²) in [5.41, 5.74) is 0.600. The van der Waals surface area contributed by atoms with Crippen molar-refractivity contribution in [2.75, 3.05) is 30.3 Å². The first-order chi connectivity index (χ1) is 14.3. The molecule has 4 rings (SSSR count). The SMILES string of the molecule is CCNc1nc(Nc2cnn([C@H]3C[C@H](N4CC[C@H](F)C4)C3)c2C)ncc1C(F)(F)F. The molecule has 1 aliphatic heterocycles.